The topological polar surface area (TPSA) is 72.9 Å². The van der Waals surface area contributed by atoms with Gasteiger partial charge in [-0.1, -0.05) is 36.9 Å². The van der Waals surface area contributed by atoms with Crippen LogP contribution in [0.2, 0.25) is 0 Å². The summed E-state index contributed by atoms with van der Waals surface area (Å²) in [6.07, 6.45) is 0. The van der Waals surface area contributed by atoms with Gasteiger partial charge in [0.1, 0.15) is 11.4 Å². The number of carbonyl (C=O) groups is 1. The van der Waals surface area contributed by atoms with E-state index in [-0.39, 0.29) is 6.04 Å². The van der Waals surface area contributed by atoms with Gasteiger partial charge < -0.3 is 11.1 Å². The fourth-order valence-electron chi connectivity index (χ4n) is 2.02. The summed E-state index contributed by atoms with van der Waals surface area (Å²) in [5.74, 6) is -0.504. The lowest BCUT2D eigenvalue weighted by molar-refractivity contribution is 0.0989. The molecule has 5 nitrogen and oxygen atoms in total. The summed E-state index contributed by atoms with van der Waals surface area (Å²) in [6, 6.07) is 11.4. The normalized spacial score (nSPS) is 11.9. The lowest BCUT2D eigenvalue weighted by Crippen LogP contribution is -2.20. The smallest absolute Gasteiger partial charge is 0.267 e. The number of aromatic nitrogens is 2. The highest BCUT2D eigenvalue weighted by molar-refractivity contribution is 5.92. The van der Waals surface area contributed by atoms with E-state index in [2.05, 4.69) is 17.0 Å². The molecule has 3 N–H and O–H groups in total. The molecule has 1 heterocycles. The van der Waals surface area contributed by atoms with Gasteiger partial charge in [0.2, 0.25) is 0 Å². The molecule has 0 saturated carbocycles. The Kier molecular flexibility index (Phi) is 3.89. The van der Waals surface area contributed by atoms with Crippen LogP contribution in [0.3, 0.4) is 0 Å². The third-order valence-electron chi connectivity index (χ3n) is 3.25. The van der Waals surface area contributed by atoms with E-state index in [0.717, 1.165) is 5.56 Å². The van der Waals surface area contributed by atoms with E-state index in [1.807, 2.05) is 37.3 Å². The lowest BCUT2D eigenvalue weighted by Gasteiger charge is -2.14. The Hall–Kier alpha value is -2.56. The van der Waals surface area contributed by atoms with Crippen molar-refractivity contribution in [3.8, 4) is 0 Å². The zero-order valence-corrected chi connectivity index (χ0v) is 11.6. The summed E-state index contributed by atoms with van der Waals surface area (Å²) in [6.45, 7) is 5.82. The maximum Gasteiger partial charge on any atom is 0.267 e. The quantitative estimate of drug-likeness (QED) is 0.869. The second-order valence-corrected chi connectivity index (χ2v) is 4.54. The van der Waals surface area contributed by atoms with Crippen molar-refractivity contribution in [3.05, 3.63) is 59.9 Å². The zero-order valence-electron chi connectivity index (χ0n) is 11.6. The molecule has 0 aliphatic heterocycles. The molecule has 20 heavy (non-hydrogen) atoms. The first-order chi connectivity index (χ1) is 9.54. The summed E-state index contributed by atoms with van der Waals surface area (Å²) in [7, 11) is 1.76. The van der Waals surface area contributed by atoms with Gasteiger partial charge in [0.15, 0.2) is 0 Å². The maximum absolute atomic E-state index is 11.6. The van der Waals surface area contributed by atoms with Crippen molar-refractivity contribution >= 4 is 11.6 Å². The number of hydrogen-bond donors (Lipinski definition) is 2. The predicted molar refractivity (Wildman–Crippen MR) is 79.1 cm³/mol. The zero-order chi connectivity index (χ0) is 14.7. The summed E-state index contributed by atoms with van der Waals surface area (Å²) in [5, 5.41) is 7.35. The van der Waals surface area contributed by atoms with Gasteiger partial charge in [-0.05, 0) is 18.6 Å². The van der Waals surface area contributed by atoms with Crippen molar-refractivity contribution in [1.82, 2.24) is 15.1 Å². The lowest BCUT2D eigenvalue weighted by atomic mass is 10.1. The molecule has 5 heteroatoms. The molecule has 0 aliphatic carbocycles. The van der Waals surface area contributed by atoms with Gasteiger partial charge in [0.05, 0.1) is 11.7 Å². The Morgan fingerprint density at radius 3 is 2.60 bits per heavy atom. The fraction of sp³-hybridized carbons (Fsp3) is 0.200. The van der Waals surface area contributed by atoms with Crippen LogP contribution in [0.15, 0.2) is 43.0 Å². The molecule has 0 aliphatic rings. The third-order valence-corrected chi connectivity index (χ3v) is 3.25. The number of amides is 1. The molecule has 0 fully saturated rings. The van der Waals surface area contributed by atoms with Crippen LogP contribution in [0.5, 0.6) is 0 Å². The molecule has 0 unspecified atom stereocenters. The van der Waals surface area contributed by atoms with Crippen LogP contribution in [0, 0.1) is 0 Å². The van der Waals surface area contributed by atoms with Gasteiger partial charge in [0, 0.05) is 7.05 Å². The van der Waals surface area contributed by atoms with Crippen LogP contribution in [0.25, 0.3) is 5.70 Å². The molecule has 0 radical (unpaired) electrons. The van der Waals surface area contributed by atoms with E-state index in [9.17, 15) is 4.79 Å². The number of carbonyl (C=O) groups excluding carboxylic acids is 1. The van der Waals surface area contributed by atoms with Crippen molar-refractivity contribution < 1.29 is 4.79 Å². The van der Waals surface area contributed by atoms with E-state index < -0.39 is 5.91 Å². The Morgan fingerprint density at radius 2 is 2.05 bits per heavy atom. The average molecular weight is 270 g/mol. The highest BCUT2D eigenvalue weighted by atomic mass is 16.1. The maximum atomic E-state index is 11.6. The van der Waals surface area contributed by atoms with Crippen molar-refractivity contribution in [2.75, 3.05) is 7.05 Å². The number of rotatable bonds is 5. The molecule has 104 valence electrons. The highest BCUT2D eigenvalue weighted by Crippen LogP contribution is 2.21. The first kappa shape index (κ1) is 13.9. The largest absolute Gasteiger partial charge is 0.387 e. The van der Waals surface area contributed by atoms with Crippen LogP contribution >= 0.6 is 0 Å². The number of nitrogens with two attached hydrogens (primary N) is 1. The minimum atomic E-state index is -0.504. The van der Waals surface area contributed by atoms with Gasteiger partial charge in [-0.2, -0.15) is 5.10 Å². The number of nitrogens with zero attached hydrogens (tertiary/aromatic N) is 2. The number of benzene rings is 1. The molecule has 1 aromatic heterocycles. The molecule has 1 atom stereocenters. The van der Waals surface area contributed by atoms with E-state index in [4.69, 9.17) is 5.73 Å². The predicted octanol–water partition coefficient (Wildman–Crippen LogP) is 1.78. The minimum Gasteiger partial charge on any atom is -0.387 e. The fourth-order valence-corrected chi connectivity index (χ4v) is 2.02. The Balaban J connectivity index is 2.47. The molecule has 0 spiro atoms. The molecule has 2 rings (SSSR count). The standard InChI is InChI=1S/C15H18N4O/c1-10(17-3)13-9-14(15(16)20)19(18-13)11(2)12-7-5-4-6-8-12/h4-9,11,17H,1H2,2-3H3,(H2,16,20)/t11-/m0/s1. The molecule has 1 aromatic carbocycles. The molecular formula is C15H18N4O. The van der Waals surface area contributed by atoms with Crippen molar-refractivity contribution in [2.24, 2.45) is 5.73 Å². The summed E-state index contributed by atoms with van der Waals surface area (Å²) in [5.41, 5.74) is 8.12. The average Bonchev–Trinajstić information content (AvgIpc) is 2.92. The SMILES string of the molecule is C=C(NC)c1cc(C(N)=O)n([C@@H](C)c2ccccc2)n1. The number of hydrogen-bond acceptors (Lipinski definition) is 3. The van der Waals surface area contributed by atoms with Gasteiger partial charge in [0.25, 0.3) is 5.91 Å². The Labute approximate surface area is 118 Å². The summed E-state index contributed by atoms with van der Waals surface area (Å²) >= 11 is 0. The van der Waals surface area contributed by atoms with Gasteiger partial charge in [-0.25, -0.2) is 0 Å². The van der Waals surface area contributed by atoms with Crippen molar-refractivity contribution in [3.63, 3.8) is 0 Å². The summed E-state index contributed by atoms with van der Waals surface area (Å²) < 4.78 is 1.63. The summed E-state index contributed by atoms with van der Waals surface area (Å²) in [4.78, 5) is 11.6. The second kappa shape index (κ2) is 5.61. The first-order valence-corrected chi connectivity index (χ1v) is 6.36. The van der Waals surface area contributed by atoms with E-state index in [1.54, 1.807) is 17.8 Å². The Bertz CT molecular complexity index is 631. The van der Waals surface area contributed by atoms with E-state index in [0.29, 0.717) is 17.1 Å². The van der Waals surface area contributed by atoms with Crippen LogP contribution < -0.4 is 11.1 Å². The Morgan fingerprint density at radius 1 is 1.40 bits per heavy atom. The number of primary amides is 1. The minimum absolute atomic E-state index is 0.0860. The van der Waals surface area contributed by atoms with Crippen LogP contribution in [-0.4, -0.2) is 22.7 Å². The monoisotopic (exact) mass is 270 g/mol. The van der Waals surface area contributed by atoms with Crippen LogP contribution in [-0.2, 0) is 0 Å². The molecule has 0 saturated heterocycles. The molecule has 1 amide bonds. The highest BCUT2D eigenvalue weighted by Gasteiger charge is 2.19. The van der Waals surface area contributed by atoms with Gasteiger partial charge in [-0.15, -0.1) is 0 Å². The second-order valence-electron chi connectivity index (χ2n) is 4.54. The van der Waals surface area contributed by atoms with Crippen molar-refractivity contribution in [2.45, 2.75) is 13.0 Å². The van der Waals surface area contributed by atoms with E-state index in [1.165, 1.54) is 0 Å². The first-order valence-electron chi connectivity index (χ1n) is 6.36. The van der Waals surface area contributed by atoms with Crippen LogP contribution in [0.1, 0.15) is 34.7 Å². The van der Waals surface area contributed by atoms with Crippen LogP contribution in [0.4, 0.5) is 0 Å². The van der Waals surface area contributed by atoms with Crippen molar-refractivity contribution in [1.29, 1.82) is 0 Å². The van der Waals surface area contributed by atoms with Gasteiger partial charge >= 0.3 is 0 Å². The molecular weight excluding hydrogens is 252 g/mol. The molecule has 2 aromatic rings. The van der Waals surface area contributed by atoms with Gasteiger partial charge in [-0.3, -0.25) is 9.48 Å². The van der Waals surface area contributed by atoms with E-state index >= 15 is 0 Å². The number of nitrogens with one attached hydrogen (secondary N) is 1. The third kappa shape index (κ3) is 2.56. The molecule has 0 bridgehead atoms.